The van der Waals surface area contributed by atoms with Gasteiger partial charge in [0, 0.05) is 5.56 Å². The molecule has 96 valence electrons. The van der Waals surface area contributed by atoms with Crippen LogP contribution in [-0.2, 0) is 0 Å². The molecule has 2 nitrogen and oxygen atoms in total. The first kappa shape index (κ1) is 13.2. The molecule has 0 radical (unpaired) electrons. The van der Waals surface area contributed by atoms with Gasteiger partial charge in [0.25, 0.3) is 0 Å². The van der Waals surface area contributed by atoms with Gasteiger partial charge in [0.15, 0.2) is 0 Å². The van der Waals surface area contributed by atoms with E-state index >= 15 is 0 Å². The summed E-state index contributed by atoms with van der Waals surface area (Å²) in [5, 5.41) is 3.08. The highest BCUT2D eigenvalue weighted by atomic mass is 79.9. The van der Waals surface area contributed by atoms with Crippen molar-refractivity contribution < 1.29 is 13.2 Å². The SMILES string of the molecule is CCNC(c1cc(F)ccc1F)c1occc1Br. The van der Waals surface area contributed by atoms with Crippen LogP contribution in [0.3, 0.4) is 0 Å². The first-order valence-corrected chi connectivity index (χ1v) is 6.34. The zero-order chi connectivity index (χ0) is 13.1. The molecule has 0 aliphatic heterocycles. The fourth-order valence-corrected chi connectivity index (χ4v) is 2.23. The molecule has 1 unspecified atom stereocenters. The van der Waals surface area contributed by atoms with Gasteiger partial charge < -0.3 is 9.73 Å². The number of benzene rings is 1. The lowest BCUT2D eigenvalue weighted by atomic mass is 10.0. The Hall–Kier alpha value is -1.20. The fourth-order valence-electron chi connectivity index (χ4n) is 1.80. The van der Waals surface area contributed by atoms with Gasteiger partial charge in [-0.3, -0.25) is 0 Å². The normalized spacial score (nSPS) is 12.7. The molecule has 1 atom stereocenters. The van der Waals surface area contributed by atoms with Crippen LogP contribution in [0.4, 0.5) is 8.78 Å². The highest BCUT2D eigenvalue weighted by Gasteiger charge is 2.22. The van der Waals surface area contributed by atoms with E-state index in [1.165, 1.54) is 12.3 Å². The molecule has 1 aromatic carbocycles. The predicted octanol–water partition coefficient (Wildman–Crippen LogP) is 4.02. The first-order valence-electron chi connectivity index (χ1n) is 5.54. The molecule has 0 saturated heterocycles. The van der Waals surface area contributed by atoms with E-state index in [1.54, 1.807) is 6.07 Å². The van der Waals surface area contributed by atoms with E-state index in [0.717, 1.165) is 16.6 Å². The molecule has 2 rings (SSSR count). The van der Waals surface area contributed by atoms with E-state index in [-0.39, 0.29) is 5.56 Å². The summed E-state index contributed by atoms with van der Waals surface area (Å²) in [6.07, 6.45) is 1.50. The van der Waals surface area contributed by atoms with Gasteiger partial charge in [0.05, 0.1) is 16.8 Å². The fraction of sp³-hybridized carbons (Fsp3) is 0.231. The standard InChI is InChI=1S/C13H12BrF2NO/c1-2-17-12(13-10(14)5-6-18-13)9-7-8(15)3-4-11(9)16/h3-7,12,17H,2H2,1H3. The van der Waals surface area contributed by atoms with E-state index in [4.69, 9.17) is 4.42 Å². The molecule has 0 amide bonds. The van der Waals surface area contributed by atoms with Crippen molar-refractivity contribution in [1.29, 1.82) is 0 Å². The van der Waals surface area contributed by atoms with Crippen LogP contribution in [-0.4, -0.2) is 6.54 Å². The minimum atomic E-state index is -0.518. The predicted molar refractivity (Wildman–Crippen MR) is 68.3 cm³/mol. The van der Waals surface area contributed by atoms with Crippen molar-refractivity contribution in [3.63, 3.8) is 0 Å². The van der Waals surface area contributed by atoms with Crippen molar-refractivity contribution >= 4 is 15.9 Å². The topological polar surface area (TPSA) is 25.2 Å². The third kappa shape index (κ3) is 2.62. The molecule has 0 spiro atoms. The zero-order valence-corrected chi connectivity index (χ0v) is 11.3. The highest BCUT2D eigenvalue weighted by molar-refractivity contribution is 9.10. The highest BCUT2D eigenvalue weighted by Crippen LogP contribution is 2.31. The third-order valence-electron chi connectivity index (χ3n) is 2.58. The average Bonchev–Trinajstić information content (AvgIpc) is 2.76. The summed E-state index contributed by atoms with van der Waals surface area (Å²) in [5.41, 5.74) is 0.229. The summed E-state index contributed by atoms with van der Waals surface area (Å²) >= 11 is 3.33. The molecule has 1 N–H and O–H groups in total. The Morgan fingerprint density at radius 3 is 2.72 bits per heavy atom. The van der Waals surface area contributed by atoms with Gasteiger partial charge in [-0.1, -0.05) is 6.92 Å². The lowest BCUT2D eigenvalue weighted by Crippen LogP contribution is -2.23. The Morgan fingerprint density at radius 2 is 2.11 bits per heavy atom. The summed E-state index contributed by atoms with van der Waals surface area (Å²) in [4.78, 5) is 0. The number of furan rings is 1. The van der Waals surface area contributed by atoms with E-state index in [1.807, 2.05) is 6.92 Å². The molecule has 0 bridgehead atoms. The van der Waals surface area contributed by atoms with E-state index in [9.17, 15) is 8.78 Å². The van der Waals surface area contributed by atoms with Crippen LogP contribution in [0, 0.1) is 11.6 Å². The largest absolute Gasteiger partial charge is 0.466 e. The monoisotopic (exact) mass is 315 g/mol. The van der Waals surface area contributed by atoms with Gasteiger partial charge in [-0.15, -0.1) is 0 Å². The van der Waals surface area contributed by atoms with Crippen LogP contribution < -0.4 is 5.32 Å². The summed E-state index contributed by atoms with van der Waals surface area (Å²) in [6, 6.07) is 4.59. The number of halogens is 3. The Bertz CT molecular complexity index is 542. The summed E-state index contributed by atoms with van der Waals surface area (Å²) in [5.74, 6) is -0.413. The molecule has 18 heavy (non-hydrogen) atoms. The van der Waals surface area contributed by atoms with Crippen molar-refractivity contribution in [3.05, 3.63) is 58.0 Å². The molecule has 0 saturated carbocycles. The van der Waals surface area contributed by atoms with Gasteiger partial charge in [-0.05, 0) is 46.7 Å². The summed E-state index contributed by atoms with van der Waals surface area (Å²) in [7, 11) is 0. The van der Waals surface area contributed by atoms with Crippen molar-refractivity contribution in [3.8, 4) is 0 Å². The first-order chi connectivity index (χ1) is 8.63. The van der Waals surface area contributed by atoms with Crippen LogP contribution >= 0.6 is 15.9 Å². The Balaban J connectivity index is 2.48. The maximum absolute atomic E-state index is 13.8. The number of hydrogen-bond acceptors (Lipinski definition) is 2. The Kier molecular flexibility index (Phi) is 4.14. The smallest absolute Gasteiger partial charge is 0.139 e. The summed E-state index contributed by atoms with van der Waals surface area (Å²) in [6.45, 7) is 2.49. The van der Waals surface area contributed by atoms with Crippen molar-refractivity contribution in [2.45, 2.75) is 13.0 Å². The van der Waals surface area contributed by atoms with Gasteiger partial charge in [-0.2, -0.15) is 0 Å². The van der Waals surface area contributed by atoms with E-state index < -0.39 is 17.7 Å². The number of rotatable bonds is 4. The van der Waals surface area contributed by atoms with Crippen LogP contribution in [0.25, 0.3) is 0 Å². The molecule has 1 aromatic heterocycles. The molecular formula is C13H12BrF2NO. The lowest BCUT2D eigenvalue weighted by Gasteiger charge is -2.17. The van der Waals surface area contributed by atoms with Crippen molar-refractivity contribution in [1.82, 2.24) is 5.32 Å². The van der Waals surface area contributed by atoms with Gasteiger partial charge in [-0.25, -0.2) is 8.78 Å². The van der Waals surface area contributed by atoms with Crippen molar-refractivity contribution in [2.75, 3.05) is 6.54 Å². The second kappa shape index (κ2) is 5.63. The molecule has 0 aliphatic rings. The van der Waals surface area contributed by atoms with Crippen molar-refractivity contribution in [2.24, 2.45) is 0 Å². The van der Waals surface area contributed by atoms with Crippen LogP contribution in [0.15, 0.2) is 39.4 Å². The molecular weight excluding hydrogens is 304 g/mol. The van der Waals surface area contributed by atoms with E-state index in [2.05, 4.69) is 21.2 Å². The zero-order valence-electron chi connectivity index (χ0n) is 9.71. The Morgan fingerprint density at radius 1 is 1.33 bits per heavy atom. The molecule has 0 aliphatic carbocycles. The van der Waals surface area contributed by atoms with Crippen LogP contribution in [0.2, 0.25) is 0 Å². The molecule has 2 aromatic rings. The third-order valence-corrected chi connectivity index (χ3v) is 3.24. The average molecular weight is 316 g/mol. The lowest BCUT2D eigenvalue weighted by molar-refractivity contribution is 0.437. The number of nitrogens with one attached hydrogen (secondary N) is 1. The minimum absolute atomic E-state index is 0.229. The quantitative estimate of drug-likeness (QED) is 0.922. The van der Waals surface area contributed by atoms with Crippen LogP contribution in [0.1, 0.15) is 24.3 Å². The van der Waals surface area contributed by atoms with Gasteiger partial charge >= 0.3 is 0 Å². The second-order valence-corrected chi connectivity index (χ2v) is 4.64. The second-order valence-electron chi connectivity index (χ2n) is 3.79. The van der Waals surface area contributed by atoms with Gasteiger partial charge in [0.2, 0.25) is 0 Å². The molecule has 0 fully saturated rings. The maximum Gasteiger partial charge on any atom is 0.139 e. The number of hydrogen-bond donors (Lipinski definition) is 1. The van der Waals surface area contributed by atoms with Crippen LogP contribution in [0.5, 0.6) is 0 Å². The van der Waals surface area contributed by atoms with Gasteiger partial charge in [0.1, 0.15) is 17.4 Å². The maximum atomic E-state index is 13.8. The Labute approximate surface area is 112 Å². The molecule has 5 heteroatoms. The molecule has 1 heterocycles. The minimum Gasteiger partial charge on any atom is -0.466 e. The summed E-state index contributed by atoms with van der Waals surface area (Å²) < 4.78 is 33.1. The van der Waals surface area contributed by atoms with E-state index in [0.29, 0.717) is 12.3 Å².